The van der Waals surface area contributed by atoms with Crippen molar-refractivity contribution in [3.05, 3.63) is 24.3 Å². The smallest absolute Gasteiger partial charge is 0.240 e. The van der Waals surface area contributed by atoms with E-state index in [2.05, 4.69) is 4.72 Å². The second-order valence-electron chi connectivity index (χ2n) is 3.58. The van der Waals surface area contributed by atoms with Crippen molar-refractivity contribution in [3.63, 3.8) is 0 Å². The molecule has 5 nitrogen and oxygen atoms in total. The summed E-state index contributed by atoms with van der Waals surface area (Å²) in [6.45, 7) is 1.59. The molecule has 0 heterocycles. The second kappa shape index (κ2) is 6.00. The van der Waals surface area contributed by atoms with Crippen LogP contribution in [0.1, 0.15) is 13.3 Å². The van der Waals surface area contributed by atoms with Crippen molar-refractivity contribution in [2.24, 2.45) is 0 Å². The predicted molar refractivity (Wildman–Crippen MR) is 64.5 cm³/mol. The van der Waals surface area contributed by atoms with E-state index in [0.717, 1.165) is 0 Å². The van der Waals surface area contributed by atoms with E-state index in [1.54, 1.807) is 19.1 Å². The van der Waals surface area contributed by atoms with Gasteiger partial charge >= 0.3 is 0 Å². The molecule has 0 fully saturated rings. The third kappa shape index (κ3) is 3.69. The third-order valence-corrected chi connectivity index (χ3v) is 3.94. The number of methoxy groups -OCH3 is 1. The van der Waals surface area contributed by atoms with E-state index in [9.17, 15) is 8.42 Å². The van der Waals surface area contributed by atoms with Gasteiger partial charge in [0.1, 0.15) is 5.75 Å². The molecule has 6 heteroatoms. The highest BCUT2D eigenvalue weighted by atomic mass is 32.2. The number of benzene rings is 1. The Labute approximate surface area is 101 Å². The normalized spacial score (nSPS) is 13.4. The molecule has 0 bridgehead atoms. The van der Waals surface area contributed by atoms with Crippen LogP contribution in [0.15, 0.2) is 29.2 Å². The Kier molecular flexibility index (Phi) is 4.92. The minimum Gasteiger partial charge on any atom is -0.497 e. The number of nitrogens with one attached hydrogen (secondary N) is 1. The van der Waals surface area contributed by atoms with Crippen LogP contribution in [-0.4, -0.2) is 33.3 Å². The Balaban J connectivity index is 2.89. The van der Waals surface area contributed by atoms with E-state index in [-0.39, 0.29) is 11.5 Å². The zero-order valence-corrected chi connectivity index (χ0v) is 10.7. The van der Waals surface area contributed by atoms with Crippen LogP contribution in [0.4, 0.5) is 0 Å². The Hall–Kier alpha value is -1.11. The Morgan fingerprint density at radius 3 is 2.35 bits per heavy atom. The van der Waals surface area contributed by atoms with Gasteiger partial charge in [0, 0.05) is 6.04 Å². The SMILES string of the molecule is CC[C@H](CO)NS(=O)(=O)c1ccc(OC)cc1. The largest absolute Gasteiger partial charge is 0.497 e. The summed E-state index contributed by atoms with van der Waals surface area (Å²) in [5.41, 5.74) is 0. The van der Waals surface area contributed by atoms with E-state index < -0.39 is 16.1 Å². The number of aliphatic hydroxyl groups is 1. The minimum atomic E-state index is -3.57. The van der Waals surface area contributed by atoms with Crippen LogP contribution in [-0.2, 0) is 10.0 Å². The van der Waals surface area contributed by atoms with Crippen LogP contribution in [0.3, 0.4) is 0 Å². The topological polar surface area (TPSA) is 75.6 Å². The molecule has 1 rings (SSSR count). The standard InChI is InChI=1S/C11H17NO4S/c1-3-9(8-13)12-17(14,15)11-6-4-10(16-2)5-7-11/h4-7,9,12-13H,3,8H2,1-2H3/t9-/m1/s1. The summed E-state index contributed by atoms with van der Waals surface area (Å²) < 4.78 is 31.2. The van der Waals surface area contributed by atoms with Gasteiger partial charge in [-0.15, -0.1) is 0 Å². The lowest BCUT2D eigenvalue weighted by Gasteiger charge is -2.14. The maximum absolute atomic E-state index is 11.9. The summed E-state index contributed by atoms with van der Waals surface area (Å²) in [4.78, 5) is 0.158. The van der Waals surface area contributed by atoms with Crippen LogP contribution in [0.25, 0.3) is 0 Å². The van der Waals surface area contributed by atoms with E-state index in [1.165, 1.54) is 19.2 Å². The molecule has 0 amide bonds. The molecule has 17 heavy (non-hydrogen) atoms. The van der Waals surface area contributed by atoms with Crippen molar-refractivity contribution in [2.75, 3.05) is 13.7 Å². The van der Waals surface area contributed by atoms with E-state index in [1.807, 2.05) is 0 Å². The van der Waals surface area contributed by atoms with Gasteiger partial charge in [0.15, 0.2) is 0 Å². The van der Waals surface area contributed by atoms with Gasteiger partial charge in [0.2, 0.25) is 10.0 Å². The quantitative estimate of drug-likeness (QED) is 0.790. The molecule has 0 unspecified atom stereocenters. The molecule has 0 aliphatic carbocycles. The lowest BCUT2D eigenvalue weighted by molar-refractivity contribution is 0.254. The second-order valence-corrected chi connectivity index (χ2v) is 5.30. The van der Waals surface area contributed by atoms with Gasteiger partial charge < -0.3 is 9.84 Å². The summed E-state index contributed by atoms with van der Waals surface area (Å²) in [6.07, 6.45) is 0.534. The van der Waals surface area contributed by atoms with Crippen LogP contribution < -0.4 is 9.46 Å². The van der Waals surface area contributed by atoms with Crippen molar-refractivity contribution in [2.45, 2.75) is 24.3 Å². The Bertz CT molecular complexity index is 437. The average molecular weight is 259 g/mol. The molecule has 0 spiro atoms. The molecular weight excluding hydrogens is 242 g/mol. The van der Waals surface area contributed by atoms with Crippen LogP contribution >= 0.6 is 0 Å². The van der Waals surface area contributed by atoms with Gasteiger partial charge in [-0.3, -0.25) is 0 Å². The summed E-state index contributed by atoms with van der Waals surface area (Å²) in [5, 5.41) is 8.97. The summed E-state index contributed by atoms with van der Waals surface area (Å²) in [6, 6.07) is 5.63. The molecule has 96 valence electrons. The number of hydrogen-bond donors (Lipinski definition) is 2. The zero-order chi connectivity index (χ0) is 12.9. The molecule has 0 saturated heterocycles. The maximum atomic E-state index is 11.9. The Morgan fingerprint density at radius 1 is 1.35 bits per heavy atom. The number of hydrogen-bond acceptors (Lipinski definition) is 4. The van der Waals surface area contributed by atoms with Crippen molar-refractivity contribution < 1.29 is 18.3 Å². The zero-order valence-electron chi connectivity index (χ0n) is 9.88. The lowest BCUT2D eigenvalue weighted by atomic mass is 10.3. The van der Waals surface area contributed by atoms with Gasteiger partial charge in [0.25, 0.3) is 0 Å². The average Bonchev–Trinajstić information content (AvgIpc) is 2.36. The van der Waals surface area contributed by atoms with Gasteiger partial charge in [-0.2, -0.15) is 0 Å². The molecule has 0 aliphatic rings. The predicted octanol–water partition coefficient (Wildman–Crippen LogP) is 0.744. The number of aliphatic hydroxyl groups excluding tert-OH is 1. The van der Waals surface area contributed by atoms with Crippen molar-refractivity contribution >= 4 is 10.0 Å². The van der Waals surface area contributed by atoms with Crippen LogP contribution in [0.2, 0.25) is 0 Å². The number of rotatable bonds is 6. The fraction of sp³-hybridized carbons (Fsp3) is 0.455. The first-order chi connectivity index (χ1) is 8.03. The first-order valence-corrected chi connectivity index (χ1v) is 6.79. The fourth-order valence-corrected chi connectivity index (χ4v) is 2.60. The molecule has 2 N–H and O–H groups in total. The molecular formula is C11H17NO4S. The van der Waals surface area contributed by atoms with E-state index >= 15 is 0 Å². The first kappa shape index (κ1) is 14.0. The van der Waals surface area contributed by atoms with Gasteiger partial charge in [0.05, 0.1) is 18.6 Å². The van der Waals surface area contributed by atoms with E-state index in [0.29, 0.717) is 12.2 Å². The van der Waals surface area contributed by atoms with E-state index in [4.69, 9.17) is 9.84 Å². The van der Waals surface area contributed by atoms with Gasteiger partial charge in [-0.05, 0) is 30.7 Å². The number of ether oxygens (including phenoxy) is 1. The fourth-order valence-electron chi connectivity index (χ4n) is 1.29. The highest BCUT2D eigenvalue weighted by molar-refractivity contribution is 7.89. The Morgan fingerprint density at radius 2 is 1.94 bits per heavy atom. The molecule has 0 aliphatic heterocycles. The van der Waals surface area contributed by atoms with Crippen molar-refractivity contribution in [1.29, 1.82) is 0 Å². The van der Waals surface area contributed by atoms with Gasteiger partial charge in [-0.1, -0.05) is 6.92 Å². The summed E-state index contributed by atoms with van der Waals surface area (Å²) in [7, 11) is -2.06. The maximum Gasteiger partial charge on any atom is 0.240 e. The summed E-state index contributed by atoms with van der Waals surface area (Å²) >= 11 is 0. The molecule has 1 atom stereocenters. The summed E-state index contributed by atoms with van der Waals surface area (Å²) in [5.74, 6) is 0.596. The first-order valence-electron chi connectivity index (χ1n) is 5.30. The third-order valence-electron chi connectivity index (χ3n) is 2.40. The van der Waals surface area contributed by atoms with Crippen molar-refractivity contribution in [3.8, 4) is 5.75 Å². The molecule has 0 saturated carbocycles. The minimum absolute atomic E-state index is 0.158. The van der Waals surface area contributed by atoms with Crippen molar-refractivity contribution in [1.82, 2.24) is 4.72 Å². The monoisotopic (exact) mass is 259 g/mol. The highest BCUT2D eigenvalue weighted by Gasteiger charge is 2.18. The number of sulfonamides is 1. The molecule has 1 aromatic rings. The van der Waals surface area contributed by atoms with Gasteiger partial charge in [-0.25, -0.2) is 13.1 Å². The molecule has 0 radical (unpaired) electrons. The molecule has 0 aromatic heterocycles. The molecule has 1 aromatic carbocycles. The lowest BCUT2D eigenvalue weighted by Crippen LogP contribution is -2.36. The highest BCUT2D eigenvalue weighted by Crippen LogP contribution is 2.15. The van der Waals surface area contributed by atoms with Crippen LogP contribution in [0.5, 0.6) is 5.75 Å². The van der Waals surface area contributed by atoms with Crippen LogP contribution in [0, 0.1) is 0 Å².